The van der Waals surface area contributed by atoms with Crippen LogP contribution in [-0.2, 0) is 11.2 Å². The molecule has 3 N–H and O–H groups in total. The largest absolute Gasteiger partial charge is 0.399 e. The van der Waals surface area contributed by atoms with Crippen molar-refractivity contribution < 1.29 is 4.79 Å². The van der Waals surface area contributed by atoms with Gasteiger partial charge in [0.1, 0.15) is 11.6 Å². The van der Waals surface area contributed by atoms with Gasteiger partial charge in [0.15, 0.2) is 0 Å². The fraction of sp³-hybridized carbons (Fsp3) is 0.421. The van der Waals surface area contributed by atoms with Crippen LogP contribution in [0.5, 0.6) is 0 Å². The molecule has 0 saturated carbocycles. The van der Waals surface area contributed by atoms with Gasteiger partial charge in [-0.15, -0.1) is 0 Å². The Morgan fingerprint density at radius 3 is 2.52 bits per heavy atom. The van der Waals surface area contributed by atoms with Crippen molar-refractivity contribution in [3.05, 3.63) is 47.4 Å². The van der Waals surface area contributed by atoms with Gasteiger partial charge in [-0.25, -0.2) is 9.97 Å². The number of amides is 1. The van der Waals surface area contributed by atoms with Crippen molar-refractivity contribution in [2.24, 2.45) is 0 Å². The van der Waals surface area contributed by atoms with Gasteiger partial charge in [-0.2, -0.15) is 0 Å². The lowest BCUT2D eigenvalue weighted by molar-refractivity contribution is -0.121. The molecule has 0 bridgehead atoms. The summed E-state index contributed by atoms with van der Waals surface area (Å²) in [7, 11) is 0. The third-order valence-electron chi connectivity index (χ3n) is 4.48. The van der Waals surface area contributed by atoms with Gasteiger partial charge >= 0.3 is 0 Å². The Bertz CT molecular complexity index is 716. The summed E-state index contributed by atoms with van der Waals surface area (Å²) in [5, 5.41) is 3.15. The van der Waals surface area contributed by atoms with Crippen LogP contribution in [0.4, 0.5) is 11.5 Å². The first kappa shape index (κ1) is 17.2. The van der Waals surface area contributed by atoms with E-state index in [0.717, 1.165) is 48.8 Å². The number of nitrogens with zero attached hydrogens (tertiary/aromatic N) is 3. The minimum Gasteiger partial charge on any atom is -0.399 e. The highest BCUT2D eigenvalue weighted by Crippen LogP contribution is 2.19. The van der Waals surface area contributed by atoms with E-state index in [2.05, 4.69) is 20.2 Å². The van der Waals surface area contributed by atoms with Crippen LogP contribution in [0, 0.1) is 13.8 Å². The number of hydrogen-bond acceptors (Lipinski definition) is 5. The predicted molar refractivity (Wildman–Crippen MR) is 99.4 cm³/mol. The summed E-state index contributed by atoms with van der Waals surface area (Å²) in [6, 6.07) is 9.70. The first-order chi connectivity index (χ1) is 12.0. The van der Waals surface area contributed by atoms with Gasteiger partial charge in [0, 0.05) is 36.6 Å². The fourth-order valence-electron chi connectivity index (χ4n) is 3.21. The van der Waals surface area contributed by atoms with Crippen LogP contribution >= 0.6 is 0 Å². The van der Waals surface area contributed by atoms with Crippen LogP contribution in [-0.4, -0.2) is 35.0 Å². The number of carbonyl (C=O) groups is 1. The number of aryl methyl sites for hydroxylation is 2. The summed E-state index contributed by atoms with van der Waals surface area (Å²) in [5.74, 6) is 1.85. The van der Waals surface area contributed by atoms with E-state index in [1.807, 2.05) is 44.2 Å². The van der Waals surface area contributed by atoms with E-state index in [-0.39, 0.29) is 11.9 Å². The number of anilines is 2. The van der Waals surface area contributed by atoms with Crippen molar-refractivity contribution in [2.75, 3.05) is 23.7 Å². The molecule has 0 spiro atoms. The van der Waals surface area contributed by atoms with Gasteiger partial charge in [-0.1, -0.05) is 12.1 Å². The third kappa shape index (κ3) is 4.68. The lowest BCUT2D eigenvalue weighted by Gasteiger charge is -2.33. The molecule has 0 unspecified atom stereocenters. The summed E-state index contributed by atoms with van der Waals surface area (Å²) in [6.07, 6.45) is 2.25. The number of nitrogen functional groups attached to an aromatic ring is 1. The van der Waals surface area contributed by atoms with Crippen molar-refractivity contribution >= 4 is 17.4 Å². The van der Waals surface area contributed by atoms with Crippen LogP contribution in [0.15, 0.2) is 30.3 Å². The summed E-state index contributed by atoms with van der Waals surface area (Å²) >= 11 is 0. The molecular formula is C19H25N5O. The Labute approximate surface area is 148 Å². The van der Waals surface area contributed by atoms with E-state index < -0.39 is 0 Å². The molecule has 1 aliphatic heterocycles. The molecular weight excluding hydrogens is 314 g/mol. The number of rotatable bonds is 4. The van der Waals surface area contributed by atoms with Gasteiger partial charge in [-0.3, -0.25) is 4.79 Å². The van der Waals surface area contributed by atoms with E-state index in [1.54, 1.807) is 0 Å². The minimum absolute atomic E-state index is 0.0666. The molecule has 132 valence electrons. The molecule has 6 heteroatoms. The number of nitrogens with one attached hydrogen (secondary N) is 1. The Kier molecular flexibility index (Phi) is 5.16. The SMILES string of the molecule is Cc1cc(N2CCC(NC(=O)Cc3ccc(N)cc3)CC2)nc(C)n1. The third-order valence-corrected chi connectivity index (χ3v) is 4.48. The number of carbonyl (C=O) groups excluding carboxylic acids is 1. The van der Waals surface area contributed by atoms with Crippen molar-refractivity contribution in [1.82, 2.24) is 15.3 Å². The highest BCUT2D eigenvalue weighted by atomic mass is 16.1. The molecule has 2 aromatic rings. The maximum atomic E-state index is 12.2. The van der Waals surface area contributed by atoms with E-state index in [4.69, 9.17) is 5.73 Å². The van der Waals surface area contributed by atoms with E-state index >= 15 is 0 Å². The number of benzene rings is 1. The molecule has 1 aromatic carbocycles. The molecule has 1 fully saturated rings. The number of nitrogens with two attached hydrogens (primary N) is 1. The molecule has 0 radical (unpaired) electrons. The van der Waals surface area contributed by atoms with Gasteiger partial charge in [0.2, 0.25) is 5.91 Å². The summed E-state index contributed by atoms with van der Waals surface area (Å²) in [5.41, 5.74) is 8.36. The zero-order valence-electron chi connectivity index (χ0n) is 14.8. The zero-order valence-corrected chi connectivity index (χ0v) is 14.8. The second kappa shape index (κ2) is 7.51. The smallest absolute Gasteiger partial charge is 0.224 e. The van der Waals surface area contributed by atoms with Gasteiger partial charge in [-0.05, 0) is 44.4 Å². The lowest BCUT2D eigenvalue weighted by Crippen LogP contribution is -2.45. The van der Waals surface area contributed by atoms with Crippen LogP contribution in [0.3, 0.4) is 0 Å². The average molecular weight is 339 g/mol. The first-order valence-corrected chi connectivity index (χ1v) is 8.70. The summed E-state index contributed by atoms with van der Waals surface area (Å²) in [4.78, 5) is 23.3. The Balaban J connectivity index is 1.50. The quantitative estimate of drug-likeness (QED) is 0.833. The molecule has 1 amide bonds. The summed E-state index contributed by atoms with van der Waals surface area (Å²) < 4.78 is 0. The number of hydrogen-bond donors (Lipinski definition) is 2. The first-order valence-electron chi connectivity index (χ1n) is 8.70. The fourth-order valence-corrected chi connectivity index (χ4v) is 3.21. The zero-order chi connectivity index (χ0) is 17.8. The van der Waals surface area contributed by atoms with Crippen LogP contribution in [0.2, 0.25) is 0 Å². The maximum absolute atomic E-state index is 12.2. The lowest BCUT2D eigenvalue weighted by atomic mass is 10.0. The minimum atomic E-state index is 0.0666. The Hall–Kier alpha value is -2.63. The molecule has 1 saturated heterocycles. The molecule has 2 heterocycles. The van der Waals surface area contributed by atoms with Crippen molar-refractivity contribution in [1.29, 1.82) is 0 Å². The van der Waals surface area contributed by atoms with Crippen LogP contribution < -0.4 is 16.0 Å². The van der Waals surface area contributed by atoms with Gasteiger partial charge in [0.25, 0.3) is 0 Å². The molecule has 6 nitrogen and oxygen atoms in total. The van der Waals surface area contributed by atoms with Crippen LogP contribution in [0.25, 0.3) is 0 Å². The Morgan fingerprint density at radius 1 is 1.20 bits per heavy atom. The maximum Gasteiger partial charge on any atom is 0.224 e. The van der Waals surface area contributed by atoms with Gasteiger partial charge < -0.3 is 16.0 Å². The van der Waals surface area contributed by atoms with Crippen molar-refractivity contribution in [3.63, 3.8) is 0 Å². The molecule has 1 aromatic heterocycles. The molecule has 3 rings (SSSR count). The van der Waals surface area contributed by atoms with E-state index in [0.29, 0.717) is 12.1 Å². The highest BCUT2D eigenvalue weighted by molar-refractivity contribution is 5.79. The van der Waals surface area contributed by atoms with E-state index in [1.165, 1.54) is 0 Å². The van der Waals surface area contributed by atoms with E-state index in [9.17, 15) is 4.79 Å². The molecule has 0 atom stereocenters. The van der Waals surface area contributed by atoms with Crippen molar-refractivity contribution in [2.45, 2.75) is 39.2 Å². The van der Waals surface area contributed by atoms with Gasteiger partial charge in [0.05, 0.1) is 6.42 Å². The average Bonchev–Trinajstić information content (AvgIpc) is 2.57. The Morgan fingerprint density at radius 2 is 1.88 bits per heavy atom. The highest BCUT2D eigenvalue weighted by Gasteiger charge is 2.22. The normalized spacial score (nSPS) is 15.2. The second-order valence-electron chi connectivity index (χ2n) is 6.66. The number of piperidine rings is 1. The standard InChI is InChI=1S/C19H25N5O/c1-13-11-18(22-14(2)21-13)24-9-7-17(8-10-24)23-19(25)12-15-3-5-16(20)6-4-15/h3-6,11,17H,7-10,12,20H2,1-2H3,(H,23,25). The van der Waals surface area contributed by atoms with Crippen LogP contribution in [0.1, 0.15) is 29.9 Å². The predicted octanol–water partition coefficient (Wildman–Crippen LogP) is 2.00. The topological polar surface area (TPSA) is 84.1 Å². The second-order valence-corrected chi connectivity index (χ2v) is 6.66. The number of aromatic nitrogens is 2. The monoisotopic (exact) mass is 339 g/mol. The summed E-state index contributed by atoms with van der Waals surface area (Å²) in [6.45, 7) is 5.69. The molecule has 25 heavy (non-hydrogen) atoms. The molecule has 0 aliphatic carbocycles. The van der Waals surface area contributed by atoms with Crippen molar-refractivity contribution in [3.8, 4) is 0 Å². The molecule has 1 aliphatic rings.